The molecule has 0 atom stereocenters. The number of carbonyl (C=O) groups excluding carboxylic acids is 1. The van der Waals surface area contributed by atoms with E-state index in [0.717, 1.165) is 44.0 Å². The summed E-state index contributed by atoms with van der Waals surface area (Å²) in [7, 11) is 0. The second-order valence-electron chi connectivity index (χ2n) is 6.50. The molecule has 0 spiro atoms. The predicted octanol–water partition coefficient (Wildman–Crippen LogP) is 1.64. The van der Waals surface area contributed by atoms with Crippen molar-refractivity contribution in [2.45, 2.75) is 38.9 Å². The fraction of sp³-hybridized carbons (Fsp3) is 0.588. The van der Waals surface area contributed by atoms with E-state index in [1.807, 2.05) is 19.3 Å². The highest BCUT2D eigenvalue weighted by atomic mass is 16.6. The highest BCUT2D eigenvalue weighted by Gasteiger charge is 2.26. The number of likely N-dealkylation sites (tertiary alicyclic amines) is 1. The molecule has 0 aliphatic carbocycles. The molecule has 134 valence electrons. The minimum absolute atomic E-state index is 0.207. The quantitative estimate of drug-likeness (QED) is 0.916. The molecule has 0 saturated carbocycles. The van der Waals surface area contributed by atoms with Crippen molar-refractivity contribution < 1.29 is 9.53 Å². The number of hydrogen-bond donors (Lipinski definition) is 1. The zero-order valence-corrected chi connectivity index (χ0v) is 14.5. The Kier molecular flexibility index (Phi) is 4.44. The summed E-state index contributed by atoms with van der Waals surface area (Å²) in [4.78, 5) is 18.2. The first-order valence-corrected chi connectivity index (χ1v) is 8.98. The first kappa shape index (κ1) is 16.1. The van der Waals surface area contributed by atoms with Crippen LogP contribution in [0.2, 0.25) is 0 Å². The molecule has 1 amide bonds. The van der Waals surface area contributed by atoms with Gasteiger partial charge in [-0.05, 0) is 25.8 Å². The number of rotatable bonds is 3. The Morgan fingerprint density at radius 2 is 2.20 bits per heavy atom. The van der Waals surface area contributed by atoms with E-state index in [1.165, 1.54) is 5.69 Å². The number of amides is 1. The van der Waals surface area contributed by atoms with E-state index in [9.17, 15) is 4.79 Å². The van der Waals surface area contributed by atoms with Crippen molar-refractivity contribution in [3.05, 3.63) is 24.2 Å². The molecule has 0 radical (unpaired) electrons. The fourth-order valence-electron chi connectivity index (χ4n) is 3.65. The minimum Gasteiger partial charge on any atom is -0.450 e. The molecule has 1 N–H and O–H groups in total. The molecule has 2 aliphatic heterocycles. The van der Waals surface area contributed by atoms with Crippen LogP contribution in [0.5, 0.6) is 0 Å². The summed E-state index contributed by atoms with van der Waals surface area (Å²) in [6, 6.07) is 2.46. The largest absolute Gasteiger partial charge is 0.450 e. The lowest BCUT2D eigenvalue weighted by Crippen LogP contribution is -2.39. The number of imidazole rings is 1. The zero-order valence-electron chi connectivity index (χ0n) is 14.5. The van der Waals surface area contributed by atoms with Crippen LogP contribution in [0.3, 0.4) is 0 Å². The Balaban J connectivity index is 1.49. The van der Waals surface area contributed by atoms with Crippen molar-refractivity contribution in [1.29, 1.82) is 0 Å². The number of nitrogens with zero attached hydrogens (tertiary/aromatic N) is 5. The van der Waals surface area contributed by atoms with E-state index in [0.29, 0.717) is 25.7 Å². The second-order valence-corrected chi connectivity index (χ2v) is 6.50. The summed E-state index contributed by atoms with van der Waals surface area (Å²) < 4.78 is 9.37. The second kappa shape index (κ2) is 6.87. The first-order valence-electron chi connectivity index (χ1n) is 8.98. The van der Waals surface area contributed by atoms with E-state index in [-0.39, 0.29) is 6.09 Å². The Morgan fingerprint density at radius 3 is 2.96 bits per heavy atom. The lowest BCUT2D eigenvalue weighted by atomic mass is 10.0. The number of ether oxygens (including phenoxy) is 1. The maximum atomic E-state index is 11.9. The van der Waals surface area contributed by atoms with E-state index in [4.69, 9.17) is 9.84 Å². The molecule has 0 bridgehead atoms. The zero-order chi connectivity index (χ0) is 17.2. The molecular formula is C17H24N6O2. The minimum atomic E-state index is -0.207. The van der Waals surface area contributed by atoms with Crippen molar-refractivity contribution in [1.82, 2.24) is 29.5 Å². The van der Waals surface area contributed by atoms with Gasteiger partial charge in [0, 0.05) is 44.6 Å². The highest BCUT2D eigenvalue weighted by molar-refractivity contribution is 5.67. The van der Waals surface area contributed by atoms with Crippen molar-refractivity contribution >= 4 is 6.09 Å². The van der Waals surface area contributed by atoms with Crippen LogP contribution in [0.25, 0.3) is 11.5 Å². The number of carbonyl (C=O) groups is 1. The van der Waals surface area contributed by atoms with Crippen LogP contribution in [0, 0.1) is 0 Å². The molecule has 2 aliphatic rings. The van der Waals surface area contributed by atoms with Gasteiger partial charge in [-0.25, -0.2) is 9.78 Å². The fourth-order valence-corrected chi connectivity index (χ4v) is 3.65. The number of piperidine rings is 1. The standard InChI is InChI=1S/C17H24N6O2/c1-2-25-17(24)21-7-3-13(4-8-21)22-9-6-19-16(22)15-11-14-12-18-5-10-23(14)20-15/h6,9,11,13,18H,2-5,7-8,10,12H2,1H3. The lowest BCUT2D eigenvalue weighted by molar-refractivity contribution is 0.0928. The third kappa shape index (κ3) is 3.13. The van der Waals surface area contributed by atoms with Crippen LogP contribution < -0.4 is 5.32 Å². The molecule has 0 unspecified atom stereocenters. The van der Waals surface area contributed by atoms with Crippen LogP contribution in [0.15, 0.2) is 18.5 Å². The predicted molar refractivity (Wildman–Crippen MR) is 92.0 cm³/mol. The molecule has 1 fully saturated rings. The van der Waals surface area contributed by atoms with Gasteiger partial charge in [0.1, 0.15) is 5.69 Å². The van der Waals surface area contributed by atoms with Gasteiger partial charge in [-0.15, -0.1) is 0 Å². The van der Waals surface area contributed by atoms with Gasteiger partial charge in [0.15, 0.2) is 5.82 Å². The molecule has 25 heavy (non-hydrogen) atoms. The maximum Gasteiger partial charge on any atom is 0.409 e. The molecule has 2 aromatic rings. The van der Waals surface area contributed by atoms with Gasteiger partial charge < -0.3 is 19.5 Å². The van der Waals surface area contributed by atoms with Gasteiger partial charge in [0.05, 0.1) is 18.8 Å². The van der Waals surface area contributed by atoms with Gasteiger partial charge >= 0.3 is 6.09 Å². The van der Waals surface area contributed by atoms with Crippen molar-refractivity contribution in [2.24, 2.45) is 0 Å². The summed E-state index contributed by atoms with van der Waals surface area (Å²) in [6.07, 6.45) is 5.45. The summed E-state index contributed by atoms with van der Waals surface area (Å²) in [6.45, 7) is 6.39. The normalized spacial score (nSPS) is 18.2. The summed E-state index contributed by atoms with van der Waals surface area (Å²) in [5, 5.41) is 8.09. The van der Waals surface area contributed by atoms with Crippen molar-refractivity contribution in [2.75, 3.05) is 26.2 Å². The molecule has 0 aromatic carbocycles. The van der Waals surface area contributed by atoms with Crippen LogP contribution in [-0.4, -0.2) is 56.6 Å². The molecular weight excluding hydrogens is 320 g/mol. The first-order chi connectivity index (χ1) is 12.3. The van der Waals surface area contributed by atoms with Crippen LogP contribution in [0.1, 0.15) is 31.5 Å². The van der Waals surface area contributed by atoms with Gasteiger partial charge in [-0.3, -0.25) is 4.68 Å². The van der Waals surface area contributed by atoms with Crippen molar-refractivity contribution in [3.8, 4) is 11.5 Å². The van der Waals surface area contributed by atoms with E-state index in [2.05, 4.69) is 25.6 Å². The molecule has 8 nitrogen and oxygen atoms in total. The van der Waals surface area contributed by atoms with Crippen LogP contribution >= 0.6 is 0 Å². The smallest absolute Gasteiger partial charge is 0.409 e. The van der Waals surface area contributed by atoms with Crippen LogP contribution in [-0.2, 0) is 17.8 Å². The number of hydrogen-bond acceptors (Lipinski definition) is 5. The molecule has 4 rings (SSSR count). The van der Waals surface area contributed by atoms with Gasteiger partial charge in [-0.2, -0.15) is 5.10 Å². The molecule has 1 saturated heterocycles. The van der Waals surface area contributed by atoms with Crippen LogP contribution in [0.4, 0.5) is 4.79 Å². The Hall–Kier alpha value is -2.35. The Morgan fingerprint density at radius 1 is 1.36 bits per heavy atom. The molecule has 8 heteroatoms. The van der Waals surface area contributed by atoms with E-state index in [1.54, 1.807) is 4.90 Å². The van der Waals surface area contributed by atoms with Gasteiger partial charge in [0.25, 0.3) is 0 Å². The third-order valence-electron chi connectivity index (χ3n) is 4.95. The number of fused-ring (bicyclic) bond motifs is 1. The average Bonchev–Trinajstić information content (AvgIpc) is 3.28. The Labute approximate surface area is 146 Å². The molecule has 4 heterocycles. The van der Waals surface area contributed by atoms with Gasteiger partial charge in [-0.1, -0.05) is 0 Å². The van der Waals surface area contributed by atoms with Crippen molar-refractivity contribution in [3.63, 3.8) is 0 Å². The van der Waals surface area contributed by atoms with E-state index < -0.39 is 0 Å². The lowest BCUT2D eigenvalue weighted by Gasteiger charge is -2.32. The summed E-state index contributed by atoms with van der Waals surface area (Å²) in [5.41, 5.74) is 2.13. The average molecular weight is 344 g/mol. The SMILES string of the molecule is CCOC(=O)N1CCC(n2ccnc2-c2cc3n(n2)CCNC3)CC1. The molecule has 2 aromatic heterocycles. The topological polar surface area (TPSA) is 77.2 Å². The van der Waals surface area contributed by atoms with E-state index >= 15 is 0 Å². The maximum absolute atomic E-state index is 11.9. The summed E-state index contributed by atoms with van der Waals surface area (Å²) >= 11 is 0. The van der Waals surface area contributed by atoms with Gasteiger partial charge in [0.2, 0.25) is 0 Å². The summed E-state index contributed by atoms with van der Waals surface area (Å²) in [5.74, 6) is 0.913. The Bertz CT molecular complexity index is 721. The number of nitrogens with one attached hydrogen (secondary N) is 1. The number of aromatic nitrogens is 4. The highest BCUT2D eigenvalue weighted by Crippen LogP contribution is 2.28. The third-order valence-corrected chi connectivity index (χ3v) is 4.95. The monoisotopic (exact) mass is 344 g/mol.